The maximum atomic E-state index is 12.0. The minimum Gasteiger partial charge on any atom is -0.480 e. The maximum Gasteiger partial charge on any atom is 0.328 e. The van der Waals surface area contributed by atoms with Crippen LogP contribution in [0.15, 0.2) is 36.5 Å². The topological polar surface area (TPSA) is 84.2 Å². The van der Waals surface area contributed by atoms with E-state index >= 15 is 0 Å². The Balaban J connectivity index is 2.10. The monoisotopic (exact) mass is 273 g/mol. The summed E-state index contributed by atoms with van der Waals surface area (Å²) in [7, 11) is 0. The van der Waals surface area contributed by atoms with Gasteiger partial charge in [-0.3, -0.25) is 9.48 Å². The van der Waals surface area contributed by atoms with Crippen molar-refractivity contribution in [2.45, 2.75) is 19.9 Å². The molecule has 0 saturated carbocycles. The van der Waals surface area contributed by atoms with Gasteiger partial charge in [-0.2, -0.15) is 5.10 Å². The van der Waals surface area contributed by atoms with E-state index in [1.807, 2.05) is 19.1 Å². The van der Waals surface area contributed by atoms with Crippen molar-refractivity contribution in [2.75, 3.05) is 5.32 Å². The summed E-state index contributed by atoms with van der Waals surface area (Å²) in [6, 6.07) is 8.05. The van der Waals surface area contributed by atoms with E-state index in [0.29, 0.717) is 5.69 Å². The van der Waals surface area contributed by atoms with E-state index in [9.17, 15) is 9.59 Å². The summed E-state index contributed by atoms with van der Waals surface area (Å²) in [6.45, 7) is 3.46. The molecule has 1 heterocycles. The van der Waals surface area contributed by atoms with E-state index in [0.717, 1.165) is 5.56 Å². The maximum absolute atomic E-state index is 12.0. The van der Waals surface area contributed by atoms with Gasteiger partial charge in [-0.15, -0.1) is 0 Å². The number of anilines is 1. The molecule has 0 bridgehead atoms. The van der Waals surface area contributed by atoms with Crippen LogP contribution in [0.2, 0.25) is 0 Å². The van der Waals surface area contributed by atoms with Crippen LogP contribution >= 0.6 is 0 Å². The van der Waals surface area contributed by atoms with Gasteiger partial charge in [0.25, 0.3) is 5.91 Å². The van der Waals surface area contributed by atoms with Gasteiger partial charge < -0.3 is 10.4 Å². The van der Waals surface area contributed by atoms with E-state index in [1.54, 1.807) is 12.1 Å². The van der Waals surface area contributed by atoms with Gasteiger partial charge in [-0.1, -0.05) is 17.7 Å². The summed E-state index contributed by atoms with van der Waals surface area (Å²) >= 11 is 0. The molecular formula is C14H15N3O3. The second-order valence-corrected chi connectivity index (χ2v) is 4.52. The van der Waals surface area contributed by atoms with E-state index in [1.165, 1.54) is 23.9 Å². The molecule has 2 rings (SSSR count). The zero-order valence-electron chi connectivity index (χ0n) is 11.2. The smallest absolute Gasteiger partial charge is 0.328 e. The number of amides is 1. The molecule has 6 nitrogen and oxygen atoms in total. The second-order valence-electron chi connectivity index (χ2n) is 4.52. The molecule has 1 aromatic heterocycles. The average Bonchev–Trinajstić information content (AvgIpc) is 2.90. The van der Waals surface area contributed by atoms with Crippen molar-refractivity contribution < 1.29 is 14.7 Å². The third-order valence-corrected chi connectivity index (χ3v) is 2.90. The van der Waals surface area contributed by atoms with Gasteiger partial charge in [0.1, 0.15) is 6.04 Å². The fourth-order valence-electron chi connectivity index (χ4n) is 1.62. The van der Waals surface area contributed by atoms with Gasteiger partial charge in [0.05, 0.1) is 0 Å². The Hall–Kier alpha value is -2.63. The summed E-state index contributed by atoms with van der Waals surface area (Å²) in [5.41, 5.74) is 1.95. The number of hydrogen-bond acceptors (Lipinski definition) is 3. The first-order valence-electron chi connectivity index (χ1n) is 6.13. The lowest BCUT2D eigenvalue weighted by atomic mass is 10.2. The molecule has 0 spiro atoms. The summed E-state index contributed by atoms with van der Waals surface area (Å²) in [6.07, 6.45) is 1.48. The number of aliphatic carboxylic acids is 1. The average molecular weight is 273 g/mol. The number of nitrogens with one attached hydrogen (secondary N) is 1. The van der Waals surface area contributed by atoms with Crippen molar-refractivity contribution in [1.29, 1.82) is 0 Å². The van der Waals surface area contributed by atoms with Crippen molar-refractivity contribution >= 4 is 17.6 Å². The molecular weight excluding hydrogens is 258 g/mol. The van der Waals surface area contributed by atoms with Gasteiger partial charge in [-0.25, -0.2) is 4.79 Å². The van der Waals surface area contributed by atoms with Crippen molar-refractivity contribution in [2.24, 2.45) is 0 Å². The van der Waals surface area contributed by atoms with Crippen molar-refractivity contribution in [1.82, 2.24) is 9.78 Å². The van der Waals surface area contributed by atoms with Crippen molar-refractivity contribution in [3.05, 3.63) is 47.8 Å². The highest BCUT2D eigenvalue weighted by Gasteiger charge is 2.16. The molecule has 2 aromatic rings. The van der Waals surface area contributed by atoms with Crippen molar-refractivity contribution in [3.63, 3.8) is 0 Å². The molecule has 1 amide bonds. The molecule has 1 unspecified atom stereocenters. The van der Waals surface area contributed by atoms with E-state index in [2.05, 4.69) is 10.4 Å². The summed E-state index contributed by atoms with van der Waals surface area (Å²) in [4.78, 5) is 22.8. The number of carboxylic acids is 1. The number of hydrogen-bond donors (Lipinski definition) is 2. The Labute approximate surface area is 116 Å². The van der Waals surface area contributed by atoms with Gasteiger partial charge in [0, 0.05) is 11.9 Å². The van der Waals surface area contributed by atoms with E-state index in [-0.39, 0.29) is 11.6 Å². The zero-order chi connectivity index (χ0) is 14.7. The summed E-state index contributed by atoms with van der Waals surface area (Å²) < 4.78 is 1.24. The first kappa shape index (κ1) is 13.8. The molecule has 1 aromatic carbocycles. The third-order valence-electron chi connectivity index (χ3n) is 2.90. The molecule has 0 radical (unpaired) electrons. The number of carbonyl (C=O) groups excluding carboxylic acids is 1. The predicted molar refractivity (Wildman–Crippen MR) is 73.7 cm³/mol. The van der Waals surface area contributed by atoms with Crippen LogP contribution in [-0.2, 0) is 4.79 Å². The lowest BCUT2D eigenvalue weighted by Gasteiger charge is -2.06. The number of aromatic nitrogens is 2. The number of nitrogens with zero attached hydrogens (tertiary/aromatic N) is 2. The number of aryl methyl sites for hydroxylation is 1. The molecule has 0 fully saturated rings. The Kier molecular flexibility index (Phi) is 3.84. The van der Waals surface area contributed by atoms with Gasteiger partial charge >= 0.3 is 5.97 Å². The van der Waals surface area contributed by atoms with Crippen LogP contribution in [0.1, 0.15) is 29.0 Å². The molecule has 0 aliphatic carbocycles. The minimum atomic E-state index is -1.00. The molecule has 2 N–H and O–H groups in total. The molecule has 6 heteroatoms. The van der Waals surface area contributed by atoms with Crippen LogP contribution in [0.4, 0.5) is 5.69 Å². The lowest BCUT2D eigenvalue weighted by Crippen LogP contribution is -2.18. The van der Waals surface area contributed by atoms with Crippen LogP contribution < -0.4 is 5.32 Å². The highest BCUT2D eigenvalue weighted by molar-refractivity contribution is 6.02. The second kappa shape index (κ2) is 5.56. The van der Waals surface area contributed by atoms with Crippen LogP contribution in [0.5, 0.6) is 0 Å². The number of benzene rings is 1. The first-order valence-corrected chi connectivity index (χ1v) is 6.13. The van der Waals surface area contributed by atoms with Crippen LogP contribution in [-0.4, -0.2) is 26.8 Å². The molecule has 0 aliphatic rings. The highest BCUT2D eigenvalue weighted by atomic mass is 16.4. The Bertz CT molecular complexity index is 631. The molecule has 104 valence electrons. The third kappa shape index (κ3) is 3.03. The number of carboxylic acid groups (broad SMARTS) is 1. The zero-order valence-corrected chi connectivity index (χ0v) is 11.2. The summed E-state index contributed by atoms with van der Waals surface area (Å²) in [5.74, 6) is -1.37. The lowest BCUT2D eigenvalue weighted by molar-refractivity contribution is -0.140. The van der Waals surface area contributed by atoms with Gasteiger partial charge in [0.2, 0.25) is 0 Å². The van der Waals surface area contributed by atoms with Crippen LogP contribution in [0.3, 0.4) is 0 Å². The highest BCUT2D eigenvalue weighted by Crippen LogP contribution is 2.11. The largest absolute Gasteiger partial charge is 0.480 e. The van der Waals surface area contributed by atoms with Crippen LogP contribution in [0.25, 0.3) is 0 Å². The predicted octanol–water partition coefficient (Wildman–Crippen LogP) is 2.09. The SMILES string of the molecule is Cc1ccc(NC(=O)c2ccn(C(C)C(=O)O)n2)cc1. The van der Waals surface area contributed by atoms with Gasteiger partial charge in [0.15, 0.2) is 5.69 Å². The molecule has 0 saturated heterocycles. The van der Waals surface area contributed by atoms with Crippen molar-refractivity contribution in [3.8, 4) is 0 Å². The molecule has 20 heavy (non-hydrogen) atoms. The normalized spacial score (nSPS) is 11.9. The van der Waals surface area contributed by atoms with Gasteiger partial charge in [-0.05, 0) is 32.0 Å². The number of rotatable bonds is 4. The van der Waals surface area contributed by atoms with E-state index in [4.69, 9.17) is 5.11 Å². The Morgan fingerprint density at radius 2 is 1.90 bits per heavy atom. The Morgan fingerprint density at radius 3 is 2.50 bits per heavy atom. The Morgan fingerprint density at radius 1 is 1.25 bits per heavy atom. The van der Waals surface area contributed by atoms with E-state index < -0.39 is 12.0 Å². The van der Waals surface area contributed by atoms with Crippen LogP contribution in [0, 0.1) is 6.92 Å². The molecule has 1 atom stereocenters. The minimum absolute atomic E-state index is 0.179. The quantitative estimate of drug-likeness (QED) is 0.893. The summed E-state index contributed by atoms with van der Waals surface area (Å²) in [5, 5.41) is 15.6. The molecule has 0 aliphatic heterocycles. The standard InChI is InChI=1S/C14H15N3O3/c1-9-3-5-11(6-4-9)15-13(18)12-7-8-17(16-12)10(2)14(19)20/h3-8,10H,1-2H3,(H,15,18)(H,19,20). The number of carbonyl (C=O) groups is 2. The first-order chi connectivity index (χ1) is 9.47. The fourth-order valence-corrected chi connectivity index (χ4v) is 1.62. The fraction of sp³-hybridized carbons (Fsp3) is 0.214.